The first-order valence-electron chi connectivity index (χ1n) is 7.29. The van der Waals surface area contributed by atoms with Gasteiger partial charge in [-0.3, -0.25) is 0 Å². The Kier molecular flexibility index (Phi) is 5.83. The molecule has 1 saturated heterocycles. The van der Waals surface area contributed by atoms with E-state index in [0.717, 1.165) is 13.1 Å². The fourth-order valence-electron chi connectivity index (χ4n) is 2.49. The summed E-state index contributed by atoms with van der Waals surface area (Å²) in [6.07, 6.45) is 2.41. The Morgan fingerprint density at radius 1 is 1.37 bits per heavy atom. The van der Waals surface area contributed by atoms with E-state index >= 15 is 0 Å². The lowest BCUT2D eigenvalue weighted by molar-refractivity contribution is 0.160. The van der Waals surface area contributed by atoms with Crippen molar-refractivity contribution >= 4 is 9.84 Å². The Morgan fingerprint density at radius 2 is 2.00 bits per heavy atom. The molecule has 0 amide bonds. The molecule has 0 saturated carbocycles. The summed E-state index contributed by atoms with van der Waals surface area (Å²) in [5.41, 5.74) is 0. The molecular formula is C14H30N2O2S. The van der Waals surface area contributed by atoms with Crippen LogP contribution in [0, 0.1) is 5.92 Å². The second kappa shape index (κ2) is 6.55. The molecule has 1 aliphatic heterocycles. The van der Waals surface area contributed by atoms with Gasteiger partial charge in [-0.05, 0) is 60.0 Å². The molecule has 4 nitrogen and oxygen atoms in total. The third-order valence-electron chi connectivity index (χ3n) is 4.31. The summed E-state index contributed by atoms with van der Waals surface area (Å²) in [6, 6.07) is 0.502. The minimum atomic E-state index is -3.00. The number of hydrogen-bond acceptors (Lipinski definition) is 4. The standard InChI is InChI=1S/C14H30N2O2S/c1-12(15-5)13-7-6-8-16(11-13)9-10-19(17,18)14(2,3)4/h12-13,15H,6-11H2,1-5H3. The molecule has 1 heterocycles. The topological polar surface area (TPSA) is 49.4 Å². The maximum atomic E-state index is 12.1. The van der Waals surface area contributed by atoms with E-state index in [-0.39, 0.29) is 5.75 Å². The number of sulfone groups is 1. The van der Waals surface area contributed by atoms with Crippen molar-refractivity contribution in [3.05, 3.63) is 0 Å². The van der Waals surface area contributed by atoms with Gasteiger partial charge >= 0.3 is 0 Å². The molecule has 0 aromatic heterocycles. The van der Waals surface area contributed by atoms with Crippen molar-refractivity contribution in [3.8, 4) is 0 Å². The van der Waals surface area contributed by atoms with Crippen LogP contribution in [0.5, 0.6) is 0 Å². The van der Waals surface area contributed by atoms with Crippen LogP contribution in [0.2, 0.25) is 0 Å². The van der Waals surface area contributed by atoms with Gasteiger partial charge < -0.3 is 10.2 Å². The van der Waals surface area contributed by atoms with Crippen LogP contribution in [0.15, 0.2) is 0 Å². The van der Waals surface area contributed by atoms with Crippen LogP contribution in [-0.4, -0.2) is 56.5 Å². The predicted molar refractivity (Wildman–Crippen MR) is 81.2 cm³/mol. The van der Waals surface area contributed by atoms with Crippen molar-refractivity contribution in [3.63, 3.8) is 0 Å². The third-order valence-corrected chi connectivity index (χ3v) is 6.90. The number of rotatable bonds is 5. The Bertz CT molecular complexity index is 373. The first-order chi connectivity index (χ1) is 8.67. The van der Waals surface area contributed by atoms with E-state index in [0.29, 0.717) is 18.5 Å². The Hall–Kier alpha value is -0.130. The van der Waals surface area contributed by atoms with E-state index in [2.05, 4.69) is 17.1 Å². The van der Waals surface area contributed by atoms with E-state index in [4.69, 9.17) is 0 Å². The van der Waals surface area contributed by atoms with Crippen molar-refractivity contribution in [1.82, 2.24) is 10.2 Å². The maximum absolute atomic E-state index is 12.1. The van der Waals surface area contributed by atoms with Crippen molar-refractivity contribution in [1.29, 1.82) is 0 Å². The summed E-state index contributed by atoms with van der Waals surface area (Å²) in [7, 11) is -1.00. The van der Waals surface area contributed by atoms with Crippen molar-refractivity contribution < 1.29 is 8.42 Å². The molecule has 0 spiro atoms. The number of hydrogen-bond donors (Lipinski definition) is 1. The molecule has 0 aliphatic carbocycles. The zero-order chi connectivity index (χ0) is 14.7. The quantitative estimate of drug-likeness (QED) is 0.834. The summed E-state index contributed by atoms with van der Waals surface area (Å²) in [6.45, 7) is 10.3. The van der Waals surface area contributed by atoms with Gasteiger partial charge in [0.05, 0.1) is 10.5 Å². The van der Waals surface area contributed by atoms with Crippen LogP contribution in [0.25, 0.3) is 0 Å². The zero-order valence-corrected chi connectivity index (χ0v) is 13.9. The molecule has 0 aromatic rings. The second-order valence-corrected chi connectivity index (χ2v) is 9.57. The van der Waals surface area contributed by atoms with Crippen LogP contribution in [0.4, 0.5) is 0 Å². The van der Waals surface area contributed by atoms with Gasteiger partial charge in [0.2, 0.25) is 0 Å². The van der Waals surface area contributed by atoms with Crippen molar-refractivity contribution in [2.75, 3.05) is 32.4 Å². The normalized spacial score (nSPS) is 24.4. The lowest BCUT2D eigenvalue weighted by Crippen LogP contribution is -2.45. The molecule has 0 bridgehead atoms. The number of nitrogens with one attached hydrogen (secondary N) is 1. The summed E-state index contributed by atoms with van der Waals surface area (Å²) >= 11 is 0. The van der Waals surface area contributed by atoms with Crippen LogP contribution in [-0.2, 0) is 9.84 Å². The van der Waals surface area contributed by atoms with E-state index in [1.165, 1.54) is 12.8 Å². The third kappa shape index (κ3) is 4.72. The zero-order valence-electron chi connectivity index (χ0n) is 13.1. The molecule has 1 fully saturated rings. The Morgan fingerprint density at radius 3 is 2.53 bits per heavy atom. The smallest absolute Gasteiger partial charge is 0.156 e. The second-order valence-electron chi connectivity index (χ2n) is 6.71. The molecule has 5 heteroatoms. The van der Waals surface area contributed by atoms with Gasteiger partial charge in [-0.1, -0.05) is 0 Å². The fraction of sp³-hybridized carbons (Fsp3) is 1.00. The Balaban J connectivity index is 2.50. The molecular weight excluding hydrogens is 260 g/mol. The summed E-state index contributed by atoms with van der Waals surface area (Å²) < 4.78 is 23.6. The van der Waals surface area contributed by atoms with Gasteiger partial charge in [-0.15, -0.1) is 0 Å². The van der Waals surface area contributed by atoms with E-state index in [1.54, 1.807) is 20.8 Å². The highest BCUT2D eigenvalue weighted by Gasteiger charge is 2.30. The molecule has 1 aliphatic rings. The first kappa shape index (κ1) is 16.9. The van der Waals surface area contributed by atoms with Gasteiger partial charge in [0.1, 0.15) is 0 Å². The monoisotopic (exact) mass is 290 g/mol. The van der Waals surface area contributed by atoms with Gasteiger partial charge in [0.15, 0.2) is 9.84 Å². The SMILES string of the molecule is CNC(C)C1CCCN(CCS(=O)(=O)C(C)(C)C)C1. The minimum Gasteiger partial charge on any atom is -0.317 e. The highest BCUT2D eigenvalue weighted by Crippen LogP contribution is 2.21. The molecule has 19 heavy (non-hydrogen) atoms. The molecule has 1 rings (SSSR count). The molecule has 114 valence electrons. The summed E-state index contributed by atoms with van der Waals surface area (Å²) in [4.78, 5) is 2.31. The number of piperidine rings is 1. The lowest BCUT2D eigenvalue weighted by Gasteiger charge is -2.36. The predicted octanol–water partition coefficient (Wildman–Crippen LogP) is 1.52. The van der Waals surface area contributed by atoms with Crippen molar-refractivity contribution in [2.24, 2.45) is 5.92 Å². The highest BCUT2D eigenvalue weighted by molar-refractivity contribution is 7.92. The summed E-state index contributed by atoms with van der Waals surface area (Å²) in [5.74, 6) is 0.910. The van der Waals surface area contributed by atoms with Crippen LogP contribution in [0.1, 0.15) is 40.5 Å². The Labute approximate surface area is 118 Å². The average molecular weight is 290 g/mol. The van der Waals surface area contributed by atoms with Gasteiger partial charge in [0, 0.05) is 19.1 Å². The largest absolute Gasteiger partial charge is 0.317 e. The molecule has 1 N–H and O–H groups in total. The lowest BCUT2D eigenvalue weighted by atomic mass is 9.92. The maximum Gasteiger partial charge on any atom is 0.156 e. The van der Waals surface area contributed by atoms with E-state index in [1.807, 2.05) is 7.05 Å². The molecule has 0 aromatic carbocycles. The first-order valence-corrected chi connectivity index (χ1v) is 8.94. The van der Waals surface area contributed by atoms with Crippen LogP contribution >= 0.6 is 0 Å². The highest BCUT2D eigenvalue weighted by atomic mass is 32.2. The van der Waals surface area contributed by atoms with Gasteiger partial charge in [0.25, 0.3) is 0 Å². The van der Waals surface area contributed by atoms with Crippen LogP contribution < -0.4 is 5.32 Å². The van der Waals surface area contributed by atoms with Gasteiger partial charge in [-0.25, -0.2) is 8.42 Å². The van der Waals surface area contributed by atoms with E-state index < -0.39 is 14.6 Å². The average Bonchev–Trinajstić information content (AvgIpc) is 2.34. The summed E-state index contributed by atoms with van der Waals surface area (Å²) in [5, 5.41) is 3.31. The minimum absolute atomic E-state index is 0.275. The molecule has 2 atom stereocenters. The van der Waals surface area contributed by atoms with Crippen molar-refractivity contribution in [2.45, 2.75) is 51.3 Å². The fourth-order valence-corrected chi connectivity index (χ4v) is 3.60. The number of nitrogens with zero attached hydrogens (tertiary/aromatic N) is 1. The van der Waals surface area contributed by atoms with E-state index in [9.17, 15) is 8.42 Å². The van der Waals surface area contributed by atoms with Gasteiger partial charge in [-0.2, -0.15) is 0 Å². The van der Waals surface area contributed by atoms with Crippen LogP contribution in [0.3, 0.4) is 0 Å². The molecule has 2 unspecified atom stereocenters. The number of likely N-dealkylation sites (tertiary alicyclic amines) is 1. The molecule has 0 radical (unpaired) electrons.